The maximum absolute atomic E-state index is 6.25. The van der Waals surface area contributed by atoms with E-state index in [-0.39, 0.29) is 0 Å². The molecule has 0 heterocycles. The highest BCUT2D eigenvalue weighted by atomic mass is 16.5. The number of hydrogen-bond donors (Lipinski definition) is 1. The van der Waals surface area contributed by atoms with Crippen molar-refractivity contribution in [1.82, 2.24) is 0 Å². The number of nitrogens with two attached hydrogens (primary N) is 1. The highest BCUT2D eigenvalue weighted by Crippen LogP contribution is 2.33. The summed E-state index contributed by atoms with van der Waals surface area (Å²) in [4.78, 5) is 0. The smallest absolute Gasteiger partial charge is 0.0619 e. The third kappa shape index (κ3) is 2.94. The number of rotatable bonds is 3. The molecule has 2 aliphatic rings. The SMILES string of the molecule is CC1CCCC(OC2CCCC2CN)C1. The van der Waals surface area contributed by atoms with Crippen molar-refractivity contribution < 1.29 is 4.74 Å². The van der Waals surface area contributed by atoms with Crippen molar-refractivity contribution in [2.45, 2.75) is 64.1 Å². The Bertz CT molecular complexity index is 195. The van der Waals surface area contributed by atoms with Gasteiger partial charge >= 0.3 is 0 Å². The average molecular weight is 211 g/mol. The molecule has 4 unspecified atom stereocenters. The second kappa shape index (κ2) is 5.31. The Morgan fingerprint density at radius 2 is 1.93 bits per heavy atom. The van der Waals surface area contributed by atoms with E-state index >= 15 is 0 Å². The molecule has 0 amide bonds. The van der Waals surface area contributed by atoms with Crippen LogP contribution in [0.4, 0.5) is 0 Å². The van der Waals surface area contributed by atoms with Gasteiger partial charge in [0, 0.05) is 0 Å². The Kier molecular flexibility index (Phi) is 4.04. The molecule has 0 aromatic rings. The number of ether oxygens (including phenoxy) is 1. The monoisotopic (exact) mass is 211 g/mol. The van der Waals surface area contributed by atoms with Crippen molar-refractivity contribution in [2.75, 3.05) is 6.54 Å². The van der Waals surface area contributed by atoms with E-state index in [1.807, 2.05) is 0 Å². The lowest BCUT2D eigenvalue weighted by Crippen LogP contribution is -2.32. The van der Waals surface area contributed by atoms with Gasteiger partial charge in [-0.25, -0.2) is 0 Å². The molecule has 0 aromatic heterocycles. The average Bonchev–Trinajstić information content (AvgIpc) is 2.65. The molecule has 2 nitrogen and oxygen atoms in total. The van der Waals surface area contributed by atoms with Crippen LogP contribution in [0.1, 0.15) is 51.9 Å². The maximum atomic E-state index is 6.25. The largest absolute Gasteiger partial charge is 0.375 e. The molecular weight excluding hydrogens is 186 g/mol. The lowest BCUT2D eigenvalue weighted by Gasteiger charge is -2.31. The van der Waals surface area contributed by atoms with Gasteiger partial charge in [-0.05, 0) is 44.1 Å². The predicted molar refractivity (Wildman–Crippen MR) is 62.7 cm³/mol. The zero-order chi connectivity index (χ0) is 10.7. The molecule has 2 N–H and O–H groups in total. The topological polar surface area (TPSA) is 35.2 Å². The minimum Gasteiger partial charge on any atom is -0.375 e. The molecule has 0 aliphatic heterocycles. The fourth-order valence-electron chi connectivity index (χ4n) is 3.20. The first-order valence-electron chi connectivity index (χ1n) is 6.65. The fraction of sp³-hybridized carbons (Fsp3) is 1.00. The van der Waals surface area contributed by atoms with Gasteiger partial charge in [0.05, 0.1) is 12.2 Å². The highest BCUT2D eigenvalue weighted by Gasteiger charge is 2.30. The van der Waals surface area contributed by atoms with E-state index in [1.54, 1.807) is 0 Å². The van der Waals surface area contributed by atoms with Crippen LogP contribution in [0.3, 0.4) is 0 Å². The van der Waals surface area contributed by atoms with Crippen molar-refractivity contribution in [3.63, 3.8) is 0 Å². The first-order valence-corrected chi connectivity index (χ1v) is 6.65. The van der Waals surface area contributed by atoms with Crippen LogP contribution in [0.25, 0.3) is 0 Å². The van der Waals surface area contributed by atoms with Crippen molar-refractivity contribution in [3.8, 4) is 0 Å². The van der Waals surface area contributed by atoms with E-state index in [9.17, 15) is 0 Å². The van der Waals surface area contributed by atoms with Crippen molar-refractivity contribution in [3.05, 3.63) is 0 Å². The third-order valence-corrected chi connectivity index (χ3v) is 4.15. The van der Waals surface area contributed by atoms with Crippen molar-refractivity contribution in [1.29, 1.82) is 0 Å². The summed E-state index contributed by atoms with van der Waals surface area (Å²) in [5, 5.41) is 0. The minimum atomic E-state index is 0.477. The second-order valence-electron chi connectivity index (χ2n) is 5.50. The second-order valence-corrected chi connectivity index (χ2v) is 5.50. The van der Waals surface area contributed by atoms with Gasteiger partial charge in [-0.3, -0.25) is 0 Å². The minimum absolute atomic E-state index is 0.477. The fourth-order valence-corrected chi connectivity index (χ4v) is 3.20. The first kappa shape index (κ1) is 11.4. The zero-order valence-electron chi connectivity index (χ0n) is 9.95. The summed E-state index contributed by atoms with van der Waals surface area (Å²) in [5.74, 6) is 1.50. The van der Waals surface area contributed by atoms with Crippen LogP contribution in [0.5, 0.6) is 0 Å². The maximum Gasteiger partial charge on any atom is 0.0619 e. The van der Waals surface area contributed by atoms with Gasteiger partial charge in [-0.1, -0.05) is 26.2 Å². The molecule has 2 rings (SSSR count). The number of hydrogen-bond acceptors (Lipinski definition) is 2. The Morgan fingerprint density at radius 3 is 2.67 bits per heavy atom. The van der Waals surface area contributed by atoms with Crippen molar-refractivity contribution >= 4 is 0 Å². The van der Waals surface area contributed by atoms with Gasteiger partial charge in [0.2, 0.25) is 0 Å². The van der Waals surface area contributed by atoms with E-state index in [0.29, 0.717) is 18.1 Å². The molecule has 0 aromatic carbocycles. The Morgan fingerprint density at radius 1 is 1.13 bits per heavy atom. The first-order chi connectivity index (χ1) is 7.29. The van der Waals surface area contributed by atoms with Crippen LogP contribution in [0.15, 0.2) is 0 Å². The zero-order valence-corrected chi connectivity index (χ0v) is 9.95. The summed E-state index contributed by atoms with van der Waals surface area (Å²) in [6.07, 6.45) is 10.1. The van der Waals surface area contributed by atoms with Gasteiger partial charge in [0.25, 0.3) is 0 Å². The lowest BCUT2D eigenvalue weighted by atomic mass is 9.88. The molecule has 2 saturated carbocycles. The summed E-state index contributed by atoms with van der Waals surface area (Å²) in [6.45, 7) is 3.16. The van der Waals surface area contributed by atoms with E-state index in [0.717, 1.165) is 12.5 Å². The molecule has 0 spiro atoms. The van der Waals surface area contributed by atoms with Gasteiger partial charge in [-0.15, -0.1) is 0 Å². The van der Waals surface area contributed by atoms with Crippen LogP contribution < -0.4 is 5.73 Å². The molecule has 88 valence electrons. The third-order valence-electron chi connectivity index (χ3n) is 4.15. The summed E-state index contributed by atoms with van der Waals surface area (Å²) in [6, 6.07) is 0. The van der Waals surface area contributed by atoms with E-state index < -0.39 is 0 Å². The highest BCUT2D eigenvalue weighted by molar-refractivity contribution is 4.81. The van der Waals surface area contributed by atoms with Crippen LogP contribution >= 0.6 is 0 Å². The molecule has 2 fully saturated rings. The van der Waals surface area contributed by atoms with E-state index in [1.165, 1.54) is 44.9 Å². The van der Waals surface area contributed by atoms with E-state index in [4.69, 9.17) is 10.5 Å². The van der Waals surface area contributed by atoms with Crippen LogP contribution in [-0.4, -0.2) is 18.8 Å². The lowest BCUT2D eigenvalue weighted by molar-refractivity contribution is -0.0528. The molecule has 2 aliphatic carbocycles. The molecule has 4 atom stereocenters. The standard InChI is InChI=1S/C13H25NO/c1-10-4-2-6-12(8-10)15-13-7-3-5-11(13)9-14/h10-13H,2-9,14H2,1H3. The van der Waals surface area contributed by atoms with Crippen LogP contribution in [0, 0.1) is 11.8 Å². The Hall–Kier alpha value is -0.0800. The van der Waals surface area contributed by atoms with Gasteiger partial charge < -0.3 is 10.5 Å². The summed E-state index contributed by atoms with van der Waals surface area (Å²) >= 11 is 0. The molecule has 15 heavy (non-hydrogen) atoms. The van der Waals surface area contributed by atoms with E-state index in [2.05, 4.69) is 6.92 Å². The summed E-state index contributed by atoms with van der Waals surface area (Å²) < 4.78 is 6.25. The quantitative estimate of drug-likeness (QED) is 0.779. The molecule has 0 radical (unpaired) electrons. The molecule has 0 saturated heterocycles. The van der Waals surface area contributed by atoms with Crippen molar-refractivity contribution in [2.24, 2.45) is 17.6 Å². The van der Waals surface area contributed by atoms with Gasteiger partial charge in [0.15, 0.2) is 0 Å². The normalized spacial score (nSPS) is 42.0. The van der Waals surface area contributed by atoms with Crippen LogP contribution in [-0.2, 0) is 4.74 Å². The Labute approximate surface area is 93.6 Å². The summed E-state index contributed by atoms with van der Waals surface area (Å²) in [7, 11) is 0. The molecular formula is C13H25NO. The molecule has 2 heteroatoms. The van der Waals surface area contributed by atoms with Crippen LogP contribution in [0.2, 0.25) is 0 Å². The van der Waals surface area contributed by atoms with Gasteiger partial charge in [0.1, 0.15) is 0 Å². The Balaban J connectivity index is 1.80. The predicted octanol–water partition coefficient (Wildman–Crippen LogP) is 2.71. The van der Waals surface area contributed by atoms with Gasteiger partial charge in [-0.2, -0.15) is 0 Å². The summed E-state index contributed by atoms with van der Waals surface area (Å²) in [5.41, 5.74) is 5.78. The molecule has 0 bridgehead atoms.